The molecule has 1 aromatic heterocycles. The number of carboxylic acid groups (broad SMARTS) is 1. The molecular weight excluding hydrogens is 487 g/mol. The van der Waals surface area contributed by atoms with E-state index in [0.29, 0.717) is 33.7 Å². The summed E-state index contributed by atoms with van der Waals surface area (Å²) in [6.45, 7) is 0.0817. The molecule has 1 aliphatic heterocycles. The van der Waals surface area contributed by atoms with Crippen LogP contribution in [-0.2, 0) is 11.4 Å². The number of nitrogens with zero attached hydrogens (tertiary/aromatic N) is 1. The van der Waals surface area contributed by atoms with Crippen LogP contribution in [0.15, 0.2) is 60.7 Å². The van der Waals surface area contributed by atoms with Crippen LogP contribution in [0.5, 0.6) is 5.75 Å². The number of hydrogen-bond donors (Lipinski definition) is 1. The minimum absolute atomic E-state index is 0.0142. The lowest BCUT2D eigenvalue weighted by molar-refractivity contribution is -0.136. The number of carbonyl (C=O) groups is 1. The van der Waals surface area contributed by atoms with Gasteiger partial charge >= 0.3 is 5.97 Å². The number of fused-ring (bicyclic) bond motifs is 3. The first-order valence-corrected chi connectivity index (χ1v) is 12.3. The van der Waals surface area contributed by atoms with Gasteiger partial charge in [-0.05, 0) is 47.5 Å². The van der Waals surface area contributed by atoms with Gasteiger partial charge in [-0.15, -0.1) is 11.8 Å². The van der Waals surface area contributed by atoms with Crippen molar-refractivity contribution in [2.24, 2.45) is 0 Å². The van der Waals surface area contributed by atoms with Crippen LogP contribution in [0.4, 0.5) is 13.2 Å². The highest BCUT2D eigenvalue weighted by Gasteiger charge is 2.27. The summed E-state index contributed by atoms with van der Waals surface area (Å²) < 4.78 is 47.6. The fourth-order valence-corrected chi connectivity index (χ4v) is 5.44. The van der Waals surface area contributed by atoms with Crippen LogP contribution >= 0.6 is 11.8 Å². The second-order valence-corrected chi connectivity index (χ2v) is 9.53. The van der Waals surface area contributed by atoms with Crippen molar-refractivity contribution in [2.45, 2.75) is 18.3 Å². The number of halogens is 3. The quantitative estimate of drug-likeness (QED) is 0.304. The summed E-state index contributed by atoms with van der Waals surface area (Å²) in [6, 6.07) is 16.1. The first-order valence-electron chi connectivity index (χ1n) is 11.2. The molecule has 0 spiro atoms. The van der Waals surface area contributed by atoms with Crippen molar-refractivity contribution in [1.82, 2.24) is 4.98 Å². The molecule has 36 heavy (non-hydrogen) atoms. The number of carboxylic acids is 1. The molecule has 1 atom stereocenters. The molecule has 8 heteroatoms. The zero-order chi connectivity index (χ0) is 25.2. The van der Waals surface area contributed by atoms with Crippen molar-refractivity contribution in [1.29, 1.82) is 0 Å². The van der Waals surface area contributed by atoms with Gasteiger partial charge in [-0.1, -0.05) is 30.3 Å². The summed E-state index contributed by atoms with van der Waals surface area (Å²) in [6.07, 6.45) is 3.59. The summed E-state index contributed by atoms with van der Waals surface area (Å²) in [5.74, 6) is -2.16. The van der Waals surface area contributed by atoms with Gasteiger partial charge in [-0.25, -0.2) is 18.2 Å². The zero-order valence-electron chi connectivity index (χ0n) is 18.9. The molecule has 4 nitrogen and oxygen atoms in total. The van der Waals surface area contributed by atoms with Crippen molar-refractivity contribution in [2.75, 3.05) is 5.75 Å². The molecule has 0 amide bonds. The predicted octanol–water partition coefficient (Wildman–Crippen LogP) is 7.01. The Labute approximate surface area is 209 Å². The summed E-state index contributed by atoms with van der Waals surface area (Å²) in [5, 5.41) is 9.29. The maximum absolute atomic E-state index is 14.6. The number of aliphatic carboxylic acids is 1. The Morgan fingerprint density at radius 2 is 1.83 bits per heavy atom. The number of ether oxygens (including phenoxy) is 1. The molecule has 0 aliphatic carbocycles. The molecule has 0 bridgehead atoms. The van der Waals surface area contributed by atoms with Gasteiger partial charge in [0.2, 0.25) is 0 Å². The zero-order valence-corrected chi connectivity index (χ0v) is 19.7. The van der Waals surface area contributed by atoms with Crippen molar-refractivity contribution < 1.29 is 27.8 Å². The van der Waals surface area contributed by atoms with Crippen LogP contribution in [0.2, 0.25) is 0 Å². The molecule has 1 unspecified atom stereocenters. The summed E-state index contributed by atoms with van der Waals surface area (Å²) in [7, 11) is 0. The average Bonchev–Trinajstić information content (AvgIpc) is 3.01. The Morgan fingerprint density at radius 1 is 1.00 bits per heavy atom. The van der Waals surface area contributed by atoms with Crippen molar-refractivity contribution in [3.63, 3.8) is 0 Å². The number of rotatable bonds is 6. The standard InChI is InChI=1S/C28H20F3NO3S/c29-22-3-1-2-19-21(22)15-35-26-9-5-16(12-20(26)28(19)36-11-10-27(33)34)4-7-18-8-6-17-13-23(30)24(31)14-25(17)32-18/h1-9,12-14,28H,10-11,15H2,(H,33,34). The lowest BCUT2D eigenvalue weighted by atomic mass is 9.98. The van der Waals surface area contributed by atoms with Crippen molar-refractivity contribution in [3.05, 3.63) is 106 Å². The van der Waals surface area contributed by atoms with Gasteiger partial charge in [0.15, 0.2) is 11.6 Å². The third kappa shape index (κ3) is 4.95. The molecule has 0 saturated carbocycles. The highest BCUT2D eigenvalue weighted by Crippen LogP contribution is 2.45. The van der Waals surface area contributed by atoms with E-state index in [2.05, 4.69) is 4.98 Å². The third-order valence-electron chi connectivity index (χ3n) is 5.93. The Bertz CT molecular complexity index is 1510. The maximum atomic E-state index is 14.6. The van der Waals surface area contributed by atoms with Crippen molar-refractivity contribution in [3.8, 4) is 5.75 Å². The highest BCUT2D eigenvalue weighted by atomic mass is 32.2. The normalized spacial score (nSPS) is 14.8. The molecule has 5 rings (SSSR count). The number of thioether (sulfide) groups is 1. The molecule has 2 heterocycles. The number of hydrogen-bond acceptors (Lipinski definition) is 4. The summed E-state index contributed by atoms with van der Waals surface area (Å²) in [4.78, 5) is 15.5. The lowest BCUT2D eigenvalue weighted by Gasteiger charge is -2.19. The monoisotopic (exact) mass is 507 g/mol. The molecule has 1 aliphatic rings. The van der Waals surface area contributed by atoms with E-state index < -0.39 is 17.6 Å². The molecular formula is C28H20F3NO3S. The Morgan fingerprint density at radius 3 is 2.67 bits per heavy atom. The molecule has 0 fully saturated rings. The van der Waals surface area contributed by atoms with Gasteiger partial charge in [0.25, 0.3) is 0 Å². The molecule has 3 aromatic carbocycles. The van der Waals surface area contributed by atoms with Crippen LogP contribution in [0, 0.1) is 17.5 Å². The molecule has 182 valence electrons. The Balaban J connectivity index is 1.49. The second kappa shape index (κ2) is 10.1. The molecule has 0 saturated heterocycles. The number of pyridine rings is 1. The summed E-state index contributed by atoms with van der Waals surface area (Å²) in [5.41, 5.74) is 3.78. The SMILES string of the molecule is O=C(O)CCSC1c2cc(C=Cc3ccc4cc(F)c(F)cc4n3)ccc2OCc2c(F)cccc21. The van der Waals surface area contributed by atoms with E-state index in [9.17, 15) is 18.0 Å². The van der Waals surface area contributed by atoms with Crippen LogP contribution in [0.3, 0.4) is 0 Å². The highest BCUT2D eigenvalue weighted by molar-refractivity contribution is 7.99. The van der Waals surface area contributed by atoms with E-state index in [1.165, 1.54) is 17.8 Å². The van der Waals surface area contributed by atoms with Gasteiger partial charge in [0.05, 0.1) is 22.9 Å². The first kappa shape index (κ1) is 23.9. The lowest BCUT2D eigenvalue weighted by Crippen LogP contribution is -2.04. The number of benzene rings is 3. The van der Waals surface area contributed by atoms with Gasteiger partial charge in [-0.2, -0.15) is 0 Å². The van der Waals surface area contributed by atoms with E-state index in [4.69, 9.17) is 9.84 Å². The predicted molar refractivity (Wildman–Crippen MR) is 134 cm³/mol. The maximum Gasteiger partial charge on any atom is 0.304 e. The van der Waals surface area contributed by atoms with Gasteiger partial charge in [0.1, 0.15) is 18.2 Å². The van der Waals surface area contributed by atoms with Gasteiger partial charge in [-0.3, -0.25) is 4.79 Å². The Hall–Kier alpha value is -3.78. The van der Waals surface area contributed by atoms with Gasteiger partial charge < -0.3 is 9.84 Å². The minimum Gasteiger partial charge on any atom is -0.488 e. The number of aromatic nitrogens is 1. The van der Waals surface area contributed by atoms with Gasteiger partial charge in [0, 0.05) is 28.3 Å². The topological polar surface area (TPSA) is 59.4 Å². The van der Waals surface area contributed by atoms with Crippen LogP contribution in [-0.4, -0.2) is 21.8 Å². The van der Waals surface area contributed by atoms with Crippen LogP contribution in [0.1, 0.15) is 39.6 Å². The molecule has 4 aromatic rings. The molecule has 1 N–H and O–H groups in total. The van der Waals surface area contributed by atoms with E-state index in [0.717, 1.165) is 28.8 Å². The smallest absolute Gasteiger partial charge is 0.304 e. The third-order valence-corrected chi connectivity index (χ3v) is 7.21. The van der Waals surface area contributed by atoms with E-state index in [1.807, 2.05) is 30.3 Å². The first-order chi connectivity index (χ1) is 17.4. The minimum atomic E-state index is -0.954. The van der Waals surface area contributed by atoms with E-state index in [-0.39, 0.29) is 24.1 Å². The fraction of sp³-hybridized carbons (Fsp3) is 0.143. The van der Waals surface area contributed by atoms with E-state index >= 15 is 0 Å². The average molecular weight is 508 g/mol. The van der Waals surface area contributed by atoms with Crippen LogP contribution < -0.4 is 4.74 Å². The van der Waals surface area contributed by atoms with Crippen LogP contribution in [0.25, 0.3) is 23.1 Å². The van der Waals surface area contributed by atoms with E-state index in [1.54, 1.807) is 24.3 Å². The summed E-state index contributed by atoms with van der Waals surface area (Å²) >= 11 is 1.43. The largest absolute Gasteiger partial charge is 0.488 e. The fourth-order valence-electron chi connectivity index (χ4n) is 4.15. The molecule has 0 radical (unpaired) electrons. The van der Waals surface area contributed by atoms with Crippen molar-refractivity contribution >= 4 is 40.8 Å². The second-order valence-electron chi connectivity index (χ2n) is 8.32. The Kier molecular flexibility index (Phi) is 6.69.